The highest BCUT2D eigenvalue weighted by atomic mass is 35.5. The van der Waals surface area contributed by atoms with Crippen molar-refractivity contribution < 1.29 is 9.59 Å². The van der Waals surface area contributed by atoms with Crippen LogP contribution in [0.1, 0.15) is 11.1 Å². The largest absolute Gasteiger partial charge is 0.325 e. The summed E-state index contributed by atoms with van der Waals surface area (Å²) in [5.41, 5.74) is 3.45. The minimum atomic E-state index is -0.164. The van der Waals surface area contributed by atoms with E-state index in [0.717, 1.165) is 16.8 Å². The third-order valence-electron chi connectivity index (χ3n) is 3.22. The van der Waals surface area contributed by atoms with Crippen molar-refractivity contribution in [2.75, 3.05) is 22.1 Å². The Morgan fingerprint density at radius 2 is 1.58 bits per heavy atom. The molecule has 2 rings (SSSR count). The van der Waals surface area contributed by atoms with Crippen molar-refractivity contribution in [3.05, 3.63) is 58.6 Å². The molecule has 0 saturated carbocycles. The Morgan fingerprint density at radius 1 is 0.958 bits per heavy atom. The molecule has 0 radical (unpaired) electrons. The number of hydrogen-bond donors (Lipinski definition) is 2. The van der Waals surface area contributed by atoms with Crippen LogP contribution in [0, 0.1) is 13.8 Å². The molecule has 2 amide bonds. The number of hydrogen-bond acceptors (Lipinski definition) is 3. The van der Waals surface area contributed by atoms with Crippen LogP contribution in [0.5, 0.6) is 0 Å². The molecule has 4 nitrogen and oxygen atoms in total. The maximum Gasteiger partial charge on any atom is 0.234 e. The van der Waals surface area contributed by atoms with Crippen LogP contribution in [-0.2, 0) is 9.59 Å². The highest BCUT2D eigenvalue weighted by Gasteiger charge is 2.07. The number of carbonyl (C=O) groups is 2. The maximum absolute atomic E-state index is 11.9. The predicted octanol–water partition coefficient (Wildman–Crippen LogP) is 4.27. The summed E-state index contributed by atoms with van der Waals surface area (Å²) in [7, 11) is 0. The van der Waals surface area contributed by atoms with Gasteiger partial charge in [-0.25, -0.2) is 0 Å². The highest BCUT2D eigenvalue weighted by Crippen LogP contribution is 2.20. The second-order valence-electron chi connectivity index (χ2n) is 5.42. The zero-order valence-corrected chi connectivity index (χ0v) is 15.1. The molecule has 0 heterocycles. The number of rotatable bonds is 6. The molecule has 126 valence electrons. The molecule has 0 bridgehead atoms. The fourth-order valence-corrected chi connectivity index (χ4v) is 2.82. The van der Waals surface area contributed by atoms with Crippen LogP contribution in [0.25, 0.3) is 0 Å². The molecule has 0 aliphatic heterocycles. The highest BCUT2D eigenvalue weighted by molar-refractivity contribution is 8.00. The van der Waals surface area contributed by atoms with Gasteiger partial charge in [-0.05, 0) is 49.2 Å². The number of benzene rings is 2. The lowest BCUT2D eigenvalue weighted by atomic mass is 10.2. The van der Waals surface area contributed by atoms with Crippen LogP contribution in [-0.4, -0.2) is 23.3 Å². The van der Waals surface area contributed by atoms with Gasteiger partial charge >= 0.3 is 0 Å². The van der Waals surface area contributed by atoms with Crippen molar-refractivity contribution in [2.24, 2.45) is 0 Å². The summed E-state index contributed by atoms with van der Waals surface area (Å²) in [6, 6.07) is 12.9. The smallest absolute Gasteiger partial charge is 0.234 e. The number of thioether (sulfide) groups is 1. The van der Waals surface area contributed by atoms with Gasteiger partial charge in [0.25, 0.3) is 0 Å². The minimum Gasteiger partial charge on any atom is -0.325 e. The Hall–Kier alpha value is -1.98. The Kier molecular flexibility index (Phi) is 6.70. The third-order valence-corrected chi connectivity index (χ3v) is 4.56. The van der Waals surface area contributed by atoms with Gasteiger partial charge < -0.3 is 10.6 Å². The van der Waals surface area contributed by atoms with Crippen LogP contribution in [0.3, 0.4) is 0 Å². The molecule has 0 saturated heterocycles. The van der Waals surface area contributed by atoms with Gasteiger partial charge in [0.1, 0.15) is 0 Å². The van der Waals surface area contributed by atoms with E-state index in [0.29, 0.717) is 10.7 Å². The van der Waals surface area contributed by atoms with Crippen molar-refractivity contribution in [1.29, 1.82) is 0 Å². The predicted molar refractivity (Wildman–Crippen MR) is 102 cm³/mol. The lowest BCUT2D eigenvalue weighted by molar-refractivity contribution is -0.114. The molecule has 0 aromatic heterocycles. The van der Waals surface area contributed by atoms with Gasteiger partial charge in [-0.3, -0.25) is 9.59 Å². The fourth-order valence-electron chi connectivity index (χ4n) is 2.02. The molecule has 24 heavy (non-hydrogen) atoms. The van der Waals surface area contributed by atoms with Gasteiger partial charge in [-0.2, -0.15) is 0 Å². The molecule has 2 aromatic rings. The second kappa shape index (κ2) is 8.76. The van der Waals surface area contributed by atoms with Crippen molar-refractivity contribution in [3.63, 3.8) is 0 Å². The van der Waals surface area contributed by atoms with E-state index in [9.17, 15) is 9.59 Å². The van der Waals surface area contributed by atoms with Crippen LogP contribution in [0.15, 0.2) is 42.5 Å². The van der Waals surface area contributed by atoms with Crippen LogP contribution < -0.4 is 10.6 Å². The van der Waals surface area contributed by atoms with Crippen molar-refractivity contribution >= 4 is 46.6 Å². The summed E-state index contributed by atoms with van der Waals surface area (Å²) in [5, 5.41) is 6.19. The van der Waals surface area contributed by atoms with Crippen LogP contribution in [0.2, 0.25) is 5.02 Å². The van der Waals surface area contributed by atoms with Crippen molar-refractivity contribution in [1.82, 2.24) is 0 Å². The molecular formula is C18H19ClN2O2S. The van der Waals surface area contributed by atoms with Gasteiger partial charge in [0.2, 0.25) is 11.8 Å². The summed E-state index contributed by atoms with van der Waals surface area (Å²) in [6.45, 7) is 3.86. The van der Waals surface area contributed by atoms with E-state index in [4.69, 9.17) is 11.6 Å². The number of halogens is 1. The number of amides is 2. The van der Waals surface area contributed by atoms with Gasteiger partial charge in [-0.1, -0.05) is 29.8 Å². The van der Waals surface area contributed by atoms with E-state index in [1.165, 1.54) is 11.8 Å². The standard InChI is InChI=1S/C18H19ClN2O2S/c1-12-4-3-5-14(8-12)20-17(22)10-24-11-18(23)21-15-7-6-13(2)16(19)9-15/h3-9H,10-11H2,1-2H3,(H,20,22)(H,21,23). The summed E-state index contributed by atoms with van der Waals surface area (Å²) < 4.78 is 0. The molecule has 2 N–H and O–H groups in total. The number of aryl methyl sites for hydroxylation is 2. The SMILES string of the molecule is Cc1cccc(NC(=O)CSCC(=O)Nc2ccc(C)c(Cl)c2)c1. The lowest BCUT2D eigenvalue weighted by Gasteiger charge is -2.08. The molecule has 0 aliphatic rings. The molecule has 0 aliphatic carbocycles. The molecule has 0 spiro atoms. The molecular weight excluding hydrogens is 344 g/mol. The van der Waals surface area contributed by atoms with Gasteiger partial charge in [-0.15, -0.1) is 11.8 Å². The summed E-state index contributed by atoms with van der Waals surface area (Å²) in [4.78, 5) is 23.8. The molecule has 2 aromatic carbocycles. The molecule has 6 heteroatoms. The van der Waals surface area contributed by atoms with Crippen molar-refractivity contribution in [3.8, 4) is 0 Å². The first-order chi connectivity index (χ1) is 11.4. The van der Waals surface area contributed by atoms with Gasteiger partial charge in [0.15, 0.2) is 0 Å². The van der Waals surface area contributed by atoms with E-state index in [1.54, 1.807) is 12.1 Å². The summed E-state index contributed by atoms with van der Waals surface area (Å²) in [6.07, 6.45) is 0. The monoisotopic (exact) mass is 362 g/mol. The zero-order chi connectivity index (χ0) is 17.5. The van der Waals surface area contributed by atoms with E-state index in [-0.39, 0.29) is 23.3 Å². The average molecular weight is 363 g/mol. The van der Waals surface area contributed by atoms with E-state index < -0.39 is 0 Å². The molecule has 0 atom stereocenters. The Balaban J connectivity index is 1.73. The first kappa shape index (κ1) is 18.4. The summed E-state index contributed by atoms with van der Waals surface area (Å²) in [5.74, 6) is 0.128. The molecule has 0 fully saturated rings. The fraction of sp³-hybridized carbons (Fsp3) is 0.222. The normalized spacial score (nSPS) is 10.3. The number of anilines is 2. The second-order valence-corrected chi connectivity index (χ2v) is 6.82. The van der Waals surface area contributed by atoms with E-state index in [2.05, 4.69) is 10.6 Å². The number of nitrogens with one attached hydrogen (secondary N) is 2. The van der Waals surface area contributed by atoms with E-state index in [1.807, 2.05) is 44.2 Å². The topological polar surface area (TPSA) is 58.2 Å². The molecule has 0 unspecified atom stereocenters. The Morgan fingerprint density at radius 3 is 2.17 bits per heavy atom. The van der Waals surface area contributed by atoms with Gasteiger partial charge in [0, 0.05) is 16.4 Å². The third kappa shape index (κ3) is 5.91. The lowest BCUT2D eigenvalue weighted by Crippen LogP contribution is -2.18. The first-order valence-corrected chi connectivity index (χ1v) is 8.97. The first-order valence-electron chi connectivity index (χ1n) is 7.44. The average Bonchev–Trinajstić information content (AvgIpc) is 2.51. The minimum absolute atomic E-state index is 0.128. The van der Waals surface area contributed by atoms with E-state index >= 15 is 0 Å². The zero-order valence-electron chi connectivity index (χ0n) is 13.6. The maximum atomic E-state index is 11.9. The Bertz CT molecular complexity index is 750. The van der Waals surface area contributed by atoms with Gasteiger partial charge in [0.05, 0.1) is 11.5 Å². The number of carbonyl (C=O) groups excluding carboxylic acids is 2. The van der Waals surface area contributed by atoms with Crippen LogP contribution in [0.4, 0.5) is 11.4 Å². The van der Waals surface area contributed by atoms with Crippen LogP contribution >= 0.6 is 23.4 Å². The Labute approximate surface area is 151 Å². The van der Waals surface area contributed by atoms with Crippen molar-refractivity contribution in [2.45, 2.75) is 13.8 Å². The summed E-state index contributed by atoms with van der Waals surface area (Å²) >= 11 is 7.28. The quantitative estimate of drug-likeness (QED) is 0.806.